The molecule has 1 atom stereocenters. The van der Waals surface area contributed by atoms with Crippen molar-refractivity contribution in [2.75, 3.05) is 6.54 Å². The minimum Gasteiger partial charge on any atom is -0.352 e. The van der Waals surface area contributed by atoms with Gasteiger partial charge in [0, 0.05) is 6.04 Å². The zero-order valence-corrected chi connectivity index (χ0v) is 12.8. The van der Waals surface area contributed by atoms with E-state index >= 15 is 0 Å². The highest BCUT2D eigenvalue weighted by Gasteiger charge is 2.16. The van der Waals surface area contributed by atoms with Crippen LogP contribution in [0.1, 0.15) is 31.0 Å². The summed E-state index contributed by atoms with van der Waals surface area (Å²) in [6, 6.07) is 6.71. The summed E-state index contributed by atoms with van der Waals surface area (Å²) in [6.45, 7) is 5.62. The summed E-state index contributed by atoms with van der Waals surface area (Å²) in [4.78, 5) is 23.2. The van der Waals surface area contributed by atoms with E-state index in [1.54, 1.807) is 0 Å². The van der Waals surface area contributed by atoms with Crippen LogP contribution in [-0.4, -0.2) is 24.4 Å². The molecule has 1 rings (SSSR count). The summed E-state index contributed by atoms with van der Waals surface area (Å²) >= 11 is 0. The number of rotatable bonds is 5. The van der Waals surface area contributed by atoms with Crippen molar-refractivity contribution in [3.8, 4) is 0 Å². The Bertz CT molecular complexity index is 446. The number of aryl methyl sites for hydroxylation is 1. The predicted octanol–water partition coefficient (Wildman–Crippen LogP) is 1.06. The van der Waals surface area contributed by atoms with Gasteiger partial charge in [-0.05, 0) is 26.3 Å². The van der Waals surface area contributed by atoms with Gasteiger partial charge in [-0.3, -0.25) is 9.59 Å². The molecule has 0 bridgehead atoms. The van der Waals surface area contributed by atoms with E-state index in [-0.39, 0.29) is 36.8 Å². The van der Waals surface area contributed by atoms with Crippen LogP contribution in [0.3, 0.4) is 0 Å². The molecule has 0 aliphatic rings. The van der Waals surface area contributed by atoms with Gasteiger partial charge in [0.05, 0.1) is 6.54 Å². The van der Waals surface area contributed by atoms with Gasteiger partial charge in [-0.2, -0.15) is 0 Å². The molecule has 0 fully saturated rings. The number of hydrogen-bond donors (Lipinski definition) is 3. The van der Waals surface area contributed by atoms with E-state index in [1.807, 2.05) is 45.0 Å². The quantitative estimate of drug-likeness (QED) is 0.760. The summed E-state index contributed by atoms with van der Waals surface area (Å²) in [6.07, 6.45) is 0. The van der Waals surface area contributed by atoms with Gasteiger partial charge in [-0.1, -0.05) is 29.8 Å². The number of amides is 2. The number of hydrogen-bond acceptors (Lipinski definition) is 3. The molecule has 0 saturated heterocycles. The third-order valence-corrected chi connectivity index (χ3v) is 2.59. The Hall–Kier alpha value is -1.59. The molecule has 0 spiro atoms. The number of nitrogens with one attached hydrogen (secondary N) is 2. The van der Waals surface area contributed by atoms with Gasteiger partial charge in [0.15, 0.2) is 0 Å². The van der Waals surface area contributed by atoms with Gasteiger partial charge in [0.1, 0.15) is 6.04 Å². The summed E-state index contributed by atoms with van der Waals surface area (Å²) < 4.78 is 0. The average Bonchev–Trinajstić information content (AvgIpc) is 2.35. The lowest BCUT2D eigenvalue weighted by atomic mass is 10.1. The van der Waals surface area contributed by atoms with Gasteiger partial charge >= 0.3 is 0 Å². The Balaban J connectivity index is 0.00000361. The molecular formula is C14H22ClN3O2. The van der Waals surface area contributed by atoms with Crippen molar-refractivity contribution in [2.45, 2.75) is 32.9 Å². The van der Waals surface area contributed by atoms with Crippen LogP contribution in [-0.2, 0) is 9.59 Å². The molecular weight excluding hydrogens is 278 g/mol. The minimum atomic E-state index is -0.757. The van der Waals surface area contributed by atoms with Crippen molar-refractivity contribution >= 4 is 24.2 Å². The van der Waals surface area contributed by atoms with Gasteiger partial charge in [-0.15, -0.1) is 12.4 Å². The highest BCUT2D eigenvalue weighted by atomic mass is 35.5. The minimum absolute atomic E-state index is 0. The fourth-order valence-electron chi connectivity index (χ4n) is 1.58. The van der Waals surface area contributed by atoms with Crippen LogP contribution in [0.5, 0.6) is 0 Å². The molecule has 0 aliphatic heterocycles. The van der Waals surface area contributed by atoms with Crippen LogP contribution in [0, 0.1) is 6.92 Å². The molecule has 0 aliphatic carbocycles. The molecule has 0 radical (unpaired) electrons. The fourth-order valence-corrected chi connectivity index (χ4v) is 1.58. The first-order valence-electron chi connectivity index (χ1n) is 6.29. The maximum atomic E-state index is 11.8. The van der Waals surface area contributed by atoms with Crippen LogP contribution in [0.15, 0.2) is 24.3 Å². The van der Waals surface area contributed by atoms with E-state index < -0.39 is 6.04 Å². The molecule has 0 saturated carbocycles. The monoisotopic (exact) mass is 299 g/mol. The van der Waals surface area contributed by atoms with Gasteiger partial charge < -0.3 is 16.4 Å². The smallest absolute Gasteiger partial charge is 0.241 e. The molecule has 1 unspecified atom stereocenters. The fraction of sp³-hybridized carbons (Fsp3) is 0.429. The molecule has 2 amide bonds. The first-order chi connectivity index (χ1) is 8.90. The number of nitrogens with two attached hydrogens (primary N) is 1. The lowest BCUT2D eigenvalue weighted by molar-refractivity contribution is -0.127. The van der Waals surface area contributed by atoms with Crippen LogP contribution in [0.25, 0.3) is 0 Å². The number of benzene rings is 1. The maximum Gasteiger partial charge on any atom is 0.241 e. The first kappa shape index (κ1) is 18.4. The van der Waals surface area contributed by atoms with Crippen LogP contribution >= 0.6 is 12.4 Å². The second kappa shape index (κ2) is 8.55. The van der Waals surface area contributed by atoms with E-state index in [0.29, 0.717) is 0 Å². The van der Waals surface area contributed by atoms with Crippen molar-refractivity contribution < 1.29 is 9.59 Å². The second-order valence-electron chi connectivity index (χ2n) is 4.83. The van der Waals surface area contributed by atoms with Crippen molar-refractivity contribution in [3.63, 3.8) is 0 Å². The molecule has 6 heteroatoms. The molecule has 1 aromatic rings. The van der Waals surface area contributed by atoms with Gasteiger partial charge in [-0.25, -0.2) is 0 Å². The average molecular weight is 300 g/mol. The number of carbonyl (C=O) groups excluding carboxylic acids is 2. The third-order valence-electron chi connectivity index (χ3n) is 2.59. The summed E-state index contributed by atoms with van der Waals surface area (Å²) in [5.41, 5.74) is 7.67. The van der Waals surface area contributed by atoms with E-state index in [0.717, 1.165) is 11.1 Å². The molecule has 112 valence electrons. The molecule has 4 N–H and O–H groups in total. The molecule has 20 heavy (non-hydrogen) atoms. The Morgan fingerprint density at radius 2 is 1.75 bits per heavy atom. The second-order valence-corrected chi connectivity index (χ2v) is 4.83. The van der Waals surface area contributed by atoms with Crippen molar-refractivity contribution in [3.05, 3.63) is 35.4 Å². The first-order valence-corrected chi connectivity index (χ1v) is 6.29. The zero-order valence-electron chi connectivity index (χ0n) is 12.0. The number of halogens is 1. The zero-order chi connectivity index (χ0) is 14.4. The SMILES string of the molecule is Cc1ccc(C(N)C(=O)NCC(=O)NC(C)C)cc1.Cl. The largest absolute Gasteiger partial charge is 0.352 e. The Morgan fingerprint density at radius 3 is 2.25 bits per heavy atom. The summed E-state index contributed by atoms with van der Waals surface area (Å²) in [5, 5.41) is 5.21. The lowest BCUT2D eigenvalue weighted by Gasteiger charge is -2.13. The highest BCUT2D eigenvalue weighted by Crippen LogP contribution is 2.11. The maximum absolute atomic E-state index is 11.8. The summed E-state index contributed by atoms with van der Waals surface area (Å²) in [5.74, 6) is -0.581. The van der Waals surface area contributed by atoms with Crippen LogP contribution in [0.2, 0.25) is 0 Å². The summed E-state index contributed by atoms with van der Waals surface area (Å²) in [7, 11) is 0. The van der Waals surface area contributed by atoms with E-state index in [4.69, 9.17) is 5.73 Å². The lowest BCUT2D eigenvalue weighted by Crippen LogP contribution is -2.42. The molecule has 0 aromatic heterocycles. The van der Waals surface area contributed by atoms with Crippen LogP contribution in [0.4, 0.5) is 0 Å². The standard InChI is InChI=1S/C14H21N3O2.ClH/c1-9(2)17-12(18)8-16-14(19)13(15)11-6-4-10(3)5-7-11;/h4-7,9,13H,8,15H2,1-3H3,(H,16,19)(H,17,18);1H. The molecule has 1 aromatic carbocycles. The highest BCUT2D eigenvalue weighted by molar-refractivity contribution is 5.88. The Labute approximate surface area is 125 Å². The topological polar surface area (TPSA) is 84.2 Å². The number of carbonyl (C=O) groups is 2. The van der Waals surface area contributed by atoms with E-state index in [1.165, 1.54) is 0 Å². The van der Waals surface area contributed by atoms with Gasteiger partial charge in [0.25, 0.3) is 0 Å². The third kappa shape index (κ3) is 6.04. The predicted molar refractivity (Wildman–Crippen MR) is 81.6 cm³/mol. The van der Waals surface area contributed by atoms with Crippen molar-refractivity contribution in [1.82, 2.24) is 10.6 Å². The van der Waals surface area contributed by atoms with Crippen LogP contribution < -0.4 is 16.4 Å². The van der Waals surface area contributed by atoms with E-state index in [2.05, 4.69) is 10.6 Å². The molecule has 0 heterocycles. The van der Waals surface area contributed by atoms with E-state index in [9.17, 15) is 9.59 Å². The van der Waals surface area contributed by atoms with Gasteiger partial charge in [0.2, 0.25) is 11.8 Å². The van der Waals surface area contributed by atoms with Crippen molar-refractivity contribution in [2.24, 2.45) is 5.73 Å². The normalized spacial score (nSPS) is 11.4. The Morgan fingerprint density at radius 1 is 1.20 bits per heavy atom. The molecule has 5 nitrogen and oxygen atoms in total. The van der Waals surface area contributed by atoms with Crippen molar-refractivity contribution in [1.29, 1.82) is 0 Å². The Kier molecular flexibility index (Phi) is 7.87.